The average Bonchev–Trinajstić information content (AvgIpc) is 2.26. The molecular weight excluding hydrogens is 256 g/mol. The molecule has 3 nitrogen and oxygen atoms in total. The Morgan fingerprint density at radius 3 is 2.88 bits per heavy atom. The highest BCUT2D eigenvalue weighted by Crippen LogP contribution is 2.24. The number of nitrogens with one attached hydrogen (secondary N) is 1. The molecule has 3 N–H and O–H groups in total. The van der Waals surface area contributed by atoms with E-state index in [9.17, 15) is 0 Å². The minimum absolute atomic E-state index is 0.303. The molecule has 1 rings (SSSR count). The van der Waals surface area contributed by atoms with Gasteiger partial charge >= 0.3 is 0 Å². The normalized spacial score (nSPS) is 12.2. The van der Waals surface area contributed by atoms with E-state index in [2.05, 4.69) is 12.2 Å². The second-order valence-corrected chi connectivity index (χ2v) is 4.82. The second-order valence-electron chi connectivity index (χ2n) is 3.97. The fraction of sp³-hybridized carbons (Fsp3) is 0.417. The lowest BCUT2D eigenvalue weighted by Gasteiger charge is -2.15. The van der Waals surface area contributed by atoms with Crippen LogP contribution in [0.1, 0.15) is 12.5 Å². The highest BCUT2D eigenvalue weighted by atomic mass is 35.5. The third-order valence-corrected chi connectivity index (χ3v) is 2.87. The first-order chi connectivity index (χ1) is 8.06. The Labute approximate surface area is 112 Å². The van der Waals surface area contributed by atoms with Gasteiger partial charge in [0, 0.05) is 19.3 Å². The number of anilines is 1. The molecule has 0 aromatic heterocycles. The topological polar surface area (TPSA) is 47.3 Å². The molecule has 0 fully saturated rings. The van der Waals surface area contributed by atoms with Crippen LogP contribution in [0.4, 0.5) is 5.69 Å². The van der Waals surface area contributed by atoms with Crippen molar-refractivity contribution >= 4 is 34.5 Å². The van der Waals surface area contributed by atoms with E-state index >= 15 is 0 Å². The first kappa shape index (κ1) is 14.2. The Morgan fingerprint density at radius 2 is 2.29 bits per heavy atom. The van der Waals surface area contributed by atoms with E-state index in [1.54, 1.807) is 13.2 Å². The molecule has 0 bridgehead atoms. The zero-order chi connectivity index (χ0) is 12.8. The van der Waals surface area contributed by atoms with Gasteiger partial charge in [-0.25, -0.2) is 0 Å². The fourth-order valence-electron chi connectivity index (χ4n) is 1.55. The van der Waals surface area contributed by atoms with Gasteiger partial charge in [-0.05, 0) is 18.1 Å². The van der Waals surface area contributed by atoms with Crippen molar-refractivity contribution in [2.75, 3.05) is 25.6 Å². The van der Waals surface area contributed by atoms with Crippen LogP contribution in [0.2, 0.25) is 5.02 Å². The van der Waals surface area contributed by atoms with E-state index in [1.165, 1.54) is 0 Å². The summed E-state index contributed by atoms with van der Waals surface area (Å²) in [5.41, 5.74) is 7.23. The van der Waals surface area contributed by atoms with Crippen molar-refractivity contribution < 1.29 is 4.74 Å². The van der Waals surface area contributed by atoms with Gasteiger partial charge in [0.1, 0.15) is 4.99 Å². The Balaban J connectivity index is 2.77. The summed E-state index contributed by atoms with van der Waals surface area (Å²) in [5, 5.41) is 3.86. The van der Waals surface area contributed by atoms with Crippen molar-refractivity contribution in [3.05, 3.63) is 28.8 Å². The summed E-state index contributed by atoms with van der Waals surface area (Å²) in [4.78, 5) is 0.303. The molecule has 0 amide bonds. The third kappa shape index (κ3) is 4.15. The smallest absolute Gasteiger partial charge is 0.107 e. The monoisotopic (exact) mass is 272 g/mol. The maximum absolute atomic E-state index is 6.07. The van der Waals surface area contributed by atoms with Crippen LogP contribution in [0, 0.1) is 5.92 Å². The van der Waals surface area contributed by atoms with Gasteiger partial charge in [0.2, 0.25) is 0 Å². The van der Waals surface area contributed by atoms with Crippen molar-refractivity contribution in [1.29, 1.82) is 0 Å². The van der Waals surface area contributed by atoms with Gasteiger partial charge in [0.25, 0.3) is 0 Å². The Kier molecular flexibility index (Phi) is 5.68. The lowest BCUT2D eigenvalue weighted by atomic mass is 10.1. The number of ether oxygens (including phenoxy) is 1. The summed E-state index contributed by atoms with van der Waals surface area (Å²) >= 11 is 11.1. The van der Waals surface area contributed by atoms with E-state index in [0.29, 0.717) is 28.1 Å². The molecule has 0 heterocycles. The quantitative estimate of drug-likeness (QED) is 0.782. The number of methoxy groups -OCH3 is 1. The van der Waals surface area contributed by atoms with Gasteiger partial charge in [0.15, 0.2) is 0 Å². The van der Waals surface area contributed by atoms with Crippen LogP contribution in [-0.4, -0.2) is 25.2 Å². The van der Waals surface area contributed by atoms with Crippen molar-refractivity contribution in [1.82, 2.24) is 0 Å². The maximum atomic E-state index is 6.07. The number of hydrogen-bond acceptors (Lipinski definition) is 3. The van der Waals surface area contributed by atoms with E-state index in [0.717, 1.165) is 12.2 Å². The van der Waals surface area contributed by atoms with Crippen molar-refractivity contribution in [2.45, 2.75) is 6.92 Å². The number of halogens is 1. The van der Waals surface area contributed by atoms with Crippen molar-refractivity contribution in [2.24, 2.45) is 11.7 Å². The zero-order valence-electron chi connectivity index (χ0n) is 10.00. The van der Waals surface area contributed by atoms with E-state index in [4.69, 9.17) is 34.3 Å². The molecular formula is C12H17ClN2OS. The molecule has 0 saturated heterocycles. The van der Waals surface area contributed by atoms with Gasteiger partial charge in [-0.3, -0.25) is 0 Å². The molecule has 17 heavy (non-hydrogen) atoms. The summed E-state index contributed by atoms with van der Waals surface area (Å²) in [5.74, 6) is 0.401. The molecule has 1 unspecified atom stereocenters. The highest BCUT2D eigenvalue weighted by Gasteiger charge is 2.10. The minimum atomic E-state index is 0.303. The molecule has 0 spiro atoms. The molecule has 0 aliphatic rings. The fourth-order valence-corrected chi connectivity index (χ4v) is 2.10. The van der Waals surface area contributed by atoms with Crippen LogP contribution in [0.5, 0.6) is 0 Å². The lowest BCUT2D eigenvalue weighted by Crippen LogP contribution is -2.19. The first-order valence-electron chi connectivity index (χ1n) is 5.37. The van der Waals surface area contributed by atoms with E-state index in [1.807, 2.05) is 12.1 Å². The summed E-state index contributed by atoms with van der Waals surface area (Å²) in [6, 6.07) is 5.56. The Morgan fingerprint density at radius 1 is 1.59 bits per heavy atom. The van der Waals surface area contributed by atoms with Gasteiger partial charge in [-0.2, -0.15) is 0 Å². The molecule has 94 valence electrons. The molecule has 1 aromatic rings. The Bertz CT molecular complexity index is 398. The average molecular weight is 273 g/mol. The molecule has 1 atom stereocenters. The van der Waals surface area contributed by atoms with Crippen LogP contribution in [0.25, 0.3) is 0 Å². The largest absolute Gasteiger partial charge is 0.389 e. The van der Waals surface area contributed by atoms with Crippen LogP contribution >= 0.6 is 23.8 Å². The maximum Gasteiger partial charge on any atom is 0.107 e. The molecule has 0 aliphatic carbocycles. The molecule has 1 aromatic carbocycles. The number of hydrogen-bond donors (Lipinski definition) is 2. The third-order valence-electron chi connectivity index (χ3n) is 2.35. The standard InChI is InChI=1S/C12H17ClN2OS/c1-8(7-16-2)6-15-10-5-3-4-9(13)11(10)12(14)17/h3-5,8,15H,6-7H2,1-2H3,(H2,14,17). The molecule has 5 heteroatoms. The highest BCUT2D eigenvalue weighted by molar-refractivity contribution is 7.80. The van der Waals surface area contributed by atoms with Gasteiger partial charge in [-0.15, -0.1) is 0 Å². The zero-order valence-corrected chi connectivity index (χ0v) is 11.6. The Hall–Kier alpha value is -0.840. The summed E-state index contributed by atoms with van der Waals surface area (Å²) < 4.78 is 5.08. The molecule has 0 radical (unpaired) electrons. The van der Waals surface area contributed by atoms with Gasteiger partial charge in [-0.1, -0.05) is 36.8 Å². The van der Waals surface area contributed by atoms with Crippen LogP contribution in [0.3, 0.4) is 0 Å². The summed E-state index contributed by atoms with van der Waals surface area (Å²) in [7, 11) is 1.69. The first-order valence-corrected chi connectivity index (χ1v) is 6.16. The predicted molar refractivity (Wildman–Crippen MR) is 76.9 cm³/mol. The minimum Gasteiger partial charge on any atom is -0.389 e. The van der Waals surface area contributed by atoms with E-state index in [-0.39, 0.29) is 0 Å². The SMILES string of the molecule is COCC(C)CNc1cccc(Cl)c1C(N)=S. The van der Waals surface area contributed by atoms with Gasteiger partial charge in [0.05, 0.1) is 17.2 Å². The summed E-state index contributed by atoms with van der Waals surface area (Å²) in [6.45, 7) is 3.58. The number of rotatable bonds is 6. The van der Waals surface area contributed by atoms with Crippen molar-refractivity contribution in [3.8, 4) is 0 Å². The van der Waals surface area contributed by atoms with Crippen LogP contribution in [0.15, 0.2) is 18.2 Å². The van der Waals surface area contributed by atoms with Gasteiger partial charge < -0.3 is 15.8 Å². The number of nitrogens with two attached hydrogens (primary N) is 1. The molecule has 0 saturated carbocycles. The lowest BCUT2D eigenvalue weighted by molar-refractivity contribution is 0.164. The predicted octanol–water partition coefficient (Wildman–Crippen LogP) is 2.67. The number of thiocarbonyl (C=S) groups is 1. The summed E-state index contributed by atoms with van der Waals surface area (Å²) in [6.07, 6.45) is 0. The molecule has 0 aliphatic heterocycles. The van der Waals surface area contributed by atoms with Crippen LogP contribution < -0.4 is 11.1 Å². The second kappa shape index (κ2) is 6.79. The number of benzene rings is 1. The van der Waals surface area contributed by atoms with E-state index < -0.39 is 0 Å². The van der Waals surface area contributed by atoms with Crippen molar-refractivity contribution in [3.63, 3.8) is 0 Å². The van der Waals surface area contributed by atoms with Crippen LogP contribution in [-0.2, 0) is 4.74 Å².